The molecule has 1 fully saturated rings. The first-order valence-electron chi connectivity index (χ1n) is 9.52. The van der Waals surface area contributed by atoms with Gasteiger partial charge in [-0.3, -0.25) is 0 Å². The molecule has 2 rings (SSSR count). The molecule has 1 aliphatic heterocycles. The van der Waals surface area contributed by atoms with E-state index >= 15 is 0 Å². The number of halogens is 4. The number of unbranched alkanes of at least 4 members (excludes halogenated alkanes) is 2. The summed E-state index contributed by atoms with van der Waals surface area (Å²) >= 11 is 0. The second kappa shape index (κ2) is 10.8. The summed E-state index contributed by atoms with van der Waals surface area (Å²) in [6, 6.07) is 6.06. The van der Waals surface area contributed by atoms with E-state index in [0.29, 0.717) is 12.5 Å². The van der Waals surface area contributed by atoms with Gasteiger partial charge >= 0.3 is 0 Å². The van der Waals surface area contributed by atoms with Gasteiger partial charge in [-0.15, -0.1) is 0 Å². The van der Waals surface area contributed by atoms with Crippen LogP contribution in [0.2, 0.25) is 18.1 Å². The summed E-state index contributed by atoms with van der Waals surface area (Å²) in [5.74, 6) is -2.32. The number of hydrogen-bond acceptors (Lipinski definition) is 2. The van der Waals surface area contributed by atoms with Crippen molar-refractivity contribution in [3.8, 4) is 11.5 Å². The fourth-order valence-corrected chi connectivity index (χ4v) is 7.11. The number of benzene rings is 1. The van der Waals surface area contributed by atoms with E-state index in [0.717, 1.165) is 25.0 Å². The second-order valence-corrected chi connectivity index (χ2v) is 10.6. The average molecular weight is 393 g/mol. The third-order valence-corrected chi connectivity index (χ3v) is 8.52. The van der Waals surface area contributed by atoms with Crippen molar-refractivity contribution in [1.82, 2.24) is 0 Å². The Hall–Kier alpha value is -1.24. The monoisotopic (exact) mass is 392 g/mol. The Kier molecular flexibility index (Phi) is 8.75. The zero-order valence-electron chi connectivity index (χ0n) is 15.3. The summed E-state index contributed by atoms with van der Waals surface area (Å²) in [7, 11) is -0.588. The van der Waals surface area contributed by atoms with Crippen LogP contribution in [-0.4, -0.2) is 28.4 Å². The van der Waals surface area contributed by atoms with E-state index in [9.17, 15) is 17.6 Å². The van der Waals surface area contributed by atoms with Crippen molar-refractivity contribution in [2.24, 2.45) is 5.92 Å². The van der Waals surface area contributed by atoms with Gasteiger partial charge in [0.05, 0.1) is 6.61 Å². The van der Waals surface area contributed by atoms with Crippen molar-refractivity contribution in [2.75, 3.05) is 13.2 Å². The summed E-state index contributed by atoms with van der Waals surface area (Å²) in [5, 5.41) is 0. The van der Waals surface area contributed by atoms with Crippen molar-refractivity contribution >= 4 is 8.80 Å². The number of rotatable bonds is 10. The predicted octanol–water partition coefficient (Wildman–Crippen LogP) is 5.81. The Morgan fingerprint density at radius 3 is 2.31 bits per heavy atom. The Labute approximate surface area is 154 Å². The summed E-state index contributed by atoms with van der Waals surface area (Å²) in [6.45, 7) is 1.62. The summed E-state index contributed by atoms with van der Waals surface area (Å²) < 4.78 is 61.9. The Bertz CT molecular complexity index is 525. The maximum Gasteiger partial charge on any atom is 0.272 e. The SMILES string of the molecule is CCCCC[SiH]1CCC(COc2cc(F)c(OCC(F)F)c(F)c2)CC1. The van der Waals surface area contributed by atoms with Crippen LogP contribution in [0.25, 0.3) is 0 Å². The molecule has 1 aliphatic rings. The molecule has 0 amide bonds. The van der Waals surface area contributed by atoms with Crippen LogP contribution < -0.4 is 9.47 Å². The minimum absolute atomic E-state index is 0.0757. The first-order valence-corrected chi connectivity index (χ1v) is 12.0. The third kappa shape index (κ3) is 6.82. The summed E-state index contributed by atoms with van der Waals surface area (Å²) in [5.41, 5.74) is 0. The lowest BCUT2D eigenvalue weighted by Gasteiger charge is -2.27. The number of alkyl halides is 2. The first-order chi connectivity index (χ1) is 12.5. The molecule has 0 aromatic heterocycles. The maximum atomic E-state index is 13.8. The van der Waals surface area contributed by atoms with E-state index in [2.05, 4.69) is 11.7 Å². The molecule has 0 radical (unpaired) electrons. The molecule has 1 aromatic rings. The predicted molar refractivity (Wildman–Crippen MR) is 97.2 cm³/mol. The van der Waals surface area contributed by atoms with Gasteiger partial charge in [-0.05, 0) is 18.8 Å². The zero-order chi connectivity index (χ0) is 18.9. The second-order valence-electron chi connectivity index (χ2n) is 7.11. The van der Waals surface area contributed by atoms with E-state index < -0.39 is 39.2 Å². The molecule has 26 heavy (non-hydrogen) atoms. The van der Waals surface area contributed by atoms with Gasteiger partial charge in [-0.25, -0.2) is 17.6 Å². The molecule has 0 N–H and O–H groups in total. The number of ether oxygens (including phenoxy) is 2. The van der Waals surface area contributed by atoms with Gasteiger partial charge < -0.3 is 9.47 Å². The summed E-state index contributed by atoms with van der Waals surface area (Å²) in [6.07, 6.45) is 3.41. The van der Waals surface area contributed by atoms with Crippen LogP contribution in [0.5, 0.6) is 11.5 Å². The van der Waals surface area contributed by atoms with Crippen LogP contribution in [0.15, 0.2) is 12.1 Å². The van der Waals surface area contributed by atoms with Gasteiger partial charge in [0.2, 0.25) is 0 Å². The fourth-order valence-electron chi connectivity index (χ4n) is 3.49. The van der Waals surface area contributed by atoms with Gasteiger partial charge in [-0.1, -0.05) is 44.3 Å². The molecule has 7 heteroatoms. The third-order valence-electron chi connectivity index (χ3n) is 4.99. The lowest BCUT2D eigenvalue weighted by Crippen LogP contribution is -2.24. The molecule has 148 valence electrons. The van der Waals surface area contributed by atoms with Gasteiger partial charge in [0.15, 0.2) is 17.4 Å². The average Bonchev–Trinajstić information content (AvgIpc) is 2.60. The topological polar surface area (TPSA) is 18.5 Å². The van der Waals surface area contributed by atoms with E-state index in [1.54, 1.807) is 0 Å². The minimum atomic E-state index is -2.79. The highest BCUT2D eigenvalue weighted by molar-refractivity contribution is 6.58. The van der Waals surface area contributed by atoms with Gasteiger partial charge in [0, 0.05) is 20.9 Å². The molecule has 1 heterocycles. The highest BCUT2D eigenvalue weighted by atomic mass is 28.3. The van der Waals surface area contributed by atoms with E-state index in [1.807, 2.05) is 0 Å². The standard InChI is InChI=1S/C19H28F4O2Si/c1-2-3-4-7-26-8-5-14(6-9-26)12-24-15-10-16(20)19(17(21)11-15)25-13-18(22)23/h10-11,14,18,26H,2-9,12-13H2,1H3. The number of hydrogen-bond donors (Lipinski definition) is 0. The van der Waals surface area contributed by atoms with Crippen molar-refractivity contribution in [2.45, 2.75) is 63.6 Å². The van der Waals surface area contributed by atoms with E-state index in [1.165, 1.54) is 37.4 Å². The molecule has 0 saturated carbocycles. The summed E-state index contributed by atoms with van der Waals surface area (Å²) in [4.78, 5) is 0. The highest BCUT2D eigenvalue weighted by Gasteiger charge is 2.23. The van der Waals surface area contributed by atoms with Crippen molar-refractivity contribution in [1.29, 1.82) is 0 Å². The van der Waals surface area contributed by atoms with Crippen LogP contribution in [0.4, 0.5) is 17.6 Å². The van der Waals surface area contributed by atoms with Gasteiger partial charge in [-0.2, -0.15) is 0 Å². The first kappa shape index (κ1) is 21.1. The van der Waals surface area contributed by atoms with Crippen LogP contribution in [0, 0.1) is 17.6 Å². The Morgan fingerprint density at radius 2 is 1.73 bits per heavy atom. The molecule has 0 atom stereocenters. The quantitative estimate of drug-likeness (QED) is 0.284. The van der Waals surface area contributed by atoms with Gasteiger partial charge in [0.25, 0.3) is 6.43 Å². The zero-order valence-corrected chi connectivity index (χ0v) is 16.4. The highest BCUT2D eigenvalue weighted by Crippen LogP contribution is 2.31. The minimum Gasteiger partial charge on any atom is -0.493 e. The van der Waals surface area contributed by atoms with E-state index in [4.69, 9.17) is 4.74 Å². The lowest BCUT2D eigenvalue weighted by atomic mass is 10.0. The molecular weight excluding hydrogens is 364 g/mol. The molecule has 0 spiro atoms. The lowest BCUT2D eigenvalue weighted by molar-refractivity contribution is 0.0776. The molecule has 2 nitrogen and oxygen atoms in total. The largest absolute Gasteiger partial charge is 0.493 e. The van der Waals surface area contributed by atoms with Crippen molar-refractivity contribution in [3.05, 3.63) is 23.8 Å². The smallest absolute Gasteiger partial charge is 0.272 e. The molecular formula is C19H28F4O2Si. The van der Waals surface area contributed by atoms with Crippen molar-refractivity contribution < 1.29 is 27.0 Å². The van der Waals surface area contributed by atoms with Crippen LogP contribution in [0.3, 0.4) is 0 Å². The Balaban J connectivity index is 1.78. The van der Waals surface area contributed by atoms with Crippen molar-refractivity contribution in [3.63, 3.8) is 0 Å². The molecule has 0 unspecified atom stereocenters. The van der Waals surface area contributed by atoms with E-state index in [-0.39, 0.29) is 5.75 Å². The van der Waals surface area contributed by atoms with Crippen LogP contribution in [0.1, 0.15) is 39.0 Å². The van der Waals surface area contributed by atoms with Crippen LogP contribution in [-0.2, 0) is 0 Å². The maximum absolute atomic E-state index is 13.8. The fraction of sp³-hybridized carbons (Fsp3) is 0.684. The molecule has 0 bridgehead atoms. The Morgan fingerprint density at radius 1 is 1.08 bits per heavy atom. The molecule has 0 aliphatic carbocycles. The normalized spacial score (nSPS) is 20.4. The molecule has 1 saturated heterocycles. The van der Waals surface area contributed by atoms with Crippen LogP contribution >= 0.6 is 0 Å². The molecule has 1 aromatic carbocycles. The van der Waals surface area contributed by atoms with Gasteiger partial charge in [0.1, 0.15) is 12.4 Å².